The van der Waals surface area contributed by atoms with E-state index in [1.807, 2.05) is 12.1 Å². The molecular weight excluding hydrogens is 192 g/mol. The smallest absolute Gasteiger partial charge is 0.191 e. The summed E-state index contributed by atoms with van der Waals surface area (Å²) in [5.41, 5.74) is 2.49. The van der Waals surface area contributed by atoms with E-state index in [-0.39, 0.29) is 11.9 Å². The van der Waals surface area contributed by atoms with Crippen LogP contribution in [-0.4, -0.2) is 18.2 Å². The number of hydrogen-bond acceptors (Lipinski definition) is 3. The molecule has 2 rings (SSSR count). The summed E-state index contributed by atoms with van der Waals surface area (Å²) < 4.78 is 5.30. The van der Waals surface area contributed by atoms with Crippen molar-refractivity contribution in [2.75, 3.05) is 0 Å². The van der Waals surface area contributed by atoms with Crippen molar-refractivity contribution in [3.8, 4) is 0 Å². The van der Waals surface area contributed by atoms with Crippen LogP contribution in [0.1, 0.15) is 28.4 Å². The summed E-state index contributed by atoms with van der Waals surface area (Å²) in [5, 5.41) is 0. The molecule has 1 aromatic rings. The Labute approximate surface area is 88.1 Å². The summed E-state index contributed by atoms with van der Waals surface area (Å²) in [4.78, 5) is 22.1. The second-order valence-electron chi connectivity index (χ2n) is 3.68. The number of hydrogen-bond donors (Lipinski definition) is 0. The Bertz CT molecular complexity index is 409. The van der Waals surface area contributed by atoms with Gasteiger partial charge in [-0.3, -0.25) is 4.79 Å². The van der Waals surface area contributed by atoms with E-state index >= 15 is 0 Å². The summed E-state index contributed by atoms with van der Waals surface area (Å²) in [5.74, 6) is 0.00370. The van der Waals surface area contributed by atoms with Crippen LogP contribution in [0.2, 0.25) is 0 Å². The van der Waals surface area contributed by atoms with Gasteiger partial charge in [-0.05, 0) is 24.1 Å². The number of ether oxygens (including phenoxy) is 1. The molecule has 0 aromatic heterocycles. The molecule has 1 heterocycles. The first-order chi connectivity index (χ1) is 7.22. The van der Waals surface area contributed by atoms with Crippen LogP contribution in [0.5, 0.6) is 0 Å². The molecule has 3 nitrogen and oxygen atoms in total. The maximum absolute atomic E-state index is 11.8. The number of carbonyl (C=O) groups is 2. The molecule has 1 atom stereocenters. The van der Waals surface area contributed by atoms with Crippen molar-refractivity contribution in [2.45, 2.75) is 26.1 Å². The third-order valence-electron chi connectivity index (χ3n) is 2.62. The molecule has 0 fully saturated rings. The second-order valence-corrected chi connectivity index (χ2v) is 3.68. The molecule has 0 aliphatic carbocycles. The molecule has 1 unspecified atom stereocenters. The van der Waals surface area contributed by atoms with Gasteiger partial charge in [0.1, 0.15) is 12.4 Å². The van der Waals surface area contributed by atoms with E-state index in [4.69, 9.17) is 4.74 Å². The molecule has 0 saturated heterocycles. The lowest BCUT2D eigenvalue weighted by atomic mass is 9.95. The zero-order valence-electron chi connectivity index (χ0n) is 8.53. The van der Waals surface area contributed by atoms with Crippen molar-refractivity contribution in [1.29, 1.82) is 0 Å². The molecule has 15 heavy (non-hydrogen) atoms. The minimum absolute atomic E-state index is 0.00370. The Hall–Kier alpha value is -1.48. The Morgan fingerprint density at radius 2 is 2.33 bits per heavy atom. The molecule has 78 valence electrons. The van der Waals surface area contributed by atoms with Gasteiger partial charge in [0.2, 0.25) is 0 Å². The van der Waals surface area contributed by atoms with E-state index in [0.29, 0.717) is 18.6 Å². The lowest BCUT2D eigenvalue weighted by molar-refractivity contribution is -0.107. The van der Waals surface area contributed by atoms with Crippen molar-refractivity contribution in [2.24, 2.45) is 0 Å². The summed E-state index contributed by atoms with van der Waals surface area (Å²) in [7, 11) is 0. The molecule has 0 amide bonds. The summed E-state index contributed by atoms with van der Waals surface area (Å²) in [6.45, 7) is 2.22. The monoisotopic (exact) mass is 204 g/mol. The van der Waals surface area contributed by atoms with Crippen molar-refractivity contribution in [1.82, 2.24) is 0 Å². The predicted octanol–water partition coefficient (Wildman–Crippen LogP) is 1.53. The van der Waals surface area contributed by atoms with E-state index in [9.17, 15) is 9.59 Å². The first-order valence-corrected chi connectivity index (χ1v) is 4.93. The molecule has 0 saturated carbocycles. The van der Waals surface area contributed by atoms with Crippen molar-refractivity contribution in [3.05, 3.63) is 34.9 Å². The number of ketones is 1. The third-order valence-corrected chi connectivity index (χ3v) is 2.62. The van der Waals surface area contributed by atoms with Gasteiger partial charge in [-0.15, -0.1) is 0 Å². The molecule has 1 aliphatic rings. The highest BCUT2D eigenvalue weighted by Crippen LogP contribution is 2.21. The number of fused-ring (bicyclic) bond motifs is 1. The van der Waals surface area contributed by atoms with Crippen LogP contribution in [0.15, 0.2) is 18.2 Å². The number of aldehydes is 1. The van der Waals surface area contributed by atoms with Gasteiger partial charge >= 0.3 is 0 Å². The van der Waals surface area contributed by atoms with E-state index < -0.39 is 0 Å². The van der Waals surface area contributed by atoms with Crippen LogP contribution in [0.3, 0.4) is 0 Å². The van der Waals surface area contributed by atoms with E-state index in [1.54, 1.807) is 13.0 Å². The van der Waals surface area contributed by atoms with E-state index in [2.05, 4.69) is 0 Å². The van der Waals surface area contributed by atoms with Gasteiger partial charge in [0.15, 0.2) is 5.78 Å². The molecule has 0 spiro atoms. The number of carbonyl (C=O) groups excluding carboxylic acids is 2. The largest absolute Gasteiger partial charge is 0.366 e. The molecule has 3 heteroatoms. The number of benzene rings is 1. The Kier molecular flexibility index (Phi) is 2.64. The van der Waals surface area contributed by atoms with Gasteiger partial charge in [-0.1, -0.05) is 12.1 Å². The van der Waals surface area contributed by atoms with Crippen LogP contribution in [-0.2, 0) is 22.6 Å². The lowest BCUT2D eigenvalue weighted by Crippen LogP contribution is -2.27. The first kappa shape index (κ1) is 10.1. The van der Waals surface area contributed by atoms with Crippen molar-refractivity contribution >= 4 is 12.1 Å². The van der Waals surface area contributed by atoms with Gasteiger partial charge < -0.3 is 9.53 Å². The van der Waals surface area contributed by atoms with E-state index in [0.717, 1.165) is 17.4 Å². The fourth-order valence-corrected chi connectivity index (χ4v) is 1.71. The molecular formula is C12H12O3. The normalized spacial score (nSPS) is 19.8. The van der Waals surface area contributed by atoms with Crippen LogP contribution in [0.4, 0.5) is 0 Å². The van der Waals surface area contributed by atoms with Crippen LogP contribution in [0, 0.1) is 0 Å². The summed E-state index contributed by atoms with van der Waals surface area (Å²) in [6.07, 6.45) is 0.828. The minimum Gasteiger partial charge on any atom is -0.366 e. The zero-order valence-corrected chi connectivity index (χ0v) is 8.53. The standard InChI is InChI=1S/C12H12O3/c1-8-12(14)11-6-9(4-5-13)2-3-10(11)7-15-8/h2-3,5-6,8H,4,7H2,1H3. The maximum Gasteiger partial charge on any atom is 0.191 e. The zero-order chi connectivity index (χ0) is 10.8. The summed E-state index contributed by atoms with van der Waals surface area (Å²) in [6, 6.07) is 5.52. The summed E-state index contributed by atoms with van der Waals surface area (Å²) >= 11 is 0. The van der Waals surface area contributed by atoms with Crippen LogP contribution >= 0.6 is 0 Å². The average molecular weight is 204 g/mol. The topological polar surface area (TPSA) is 43.4 Å². The van der Waals surface area contributed by atoms with Crippen molar-refractivity contribution in [3.63, 3.8) is 0 Å². The SMILES string of the molecule is CC1OCc2ccc(CC=O)cc2C1=O. The fraction of sp³-hybridized carbons (Fsp3) is 0.333. The fourth-order valence-electron chi connectivity index (χ4n) is 1.71. The molecule has 1 aromatic carbocycles. The van der Waals surface area contributed by atoms with Gasteiger partial charge in [0.25, 0.3) is 0 Å². The van der Waals surface area contributed by atoms with Gasteiger partial charge in [-0.2, -0.15) is 0 Å². The highest BCUT2D eigenvalue weighted by atomic mass is 16.5. The average Bonchev–Trinajstić information content (AvgIpc) is 2.25. The third kappa shape index (κ3) is 1.83. The first-order valence-electron chi connectivity index (χ1n) is 4.93. The van der Waals surface area contributed by atoms with Gasteiger partial charge in [0, 0.05) is 12.0 Å². The molecule has 1 aliphatic heterocycles. The molecule has 0 bridgehead atoms. The van der Waals surface area contributed by atoms with Crippen LogP contribution < -0.4 is 0 Å². The maximum atomic E-state index is 11.8. The highest BCUT2D eigenvalue weighted by molar-refractivity contribution is 6.01. The van der Waals surface area contributed by atoms with Crippen LogP contribution in [0.25, 0.3) is 0 Å². The second kappa shape index (κ2) is 3.95. The predicted molar refractivity (Wildman–Crippen MR) is 54.8 cm³/mol. The molecule has 0 N–H and O–H groups in total. The van der Waals surface area contributed by atoms with Gasteiger partial charge in [0.05, 0.1) is 6.61 Å². The minimum atomic E-state index is -0.371. The number of Topliss-reactive ketones (excluding diaryl/α,β-unsaturated/α-hetero) is 1. The number of rotatable bonds is 2. The highest BCUT2D eigenvalue weighted by Gasteiger charge is 2.24. The van der Waals surface area contributed by atoms with Gasteiger partial charge in [-0.25, -0.2) is 0 Å². The van der Waals surface area contributed by atoms with E-state index in [1.165, 1.54) is 0 Å². The Morgan fingerprint density at radius 1 is 1.53 bits per heavy atom. The quantitative estimate of drug-likeness (QED) is 0.686. The Balaban J connectivity index is 2.41. The lowest BCUT2D eigenvalue weighted by Gasteiger charge is -2.21. The van der Waals surface area contributed by atoms with Crippen molar-refractivity contribution < 1.29 is 14.3 Å². The Morgan fingerprint density at radius 3 is 3.07 bits per heavy atom. The molecule has 0 radical (unpaired) electrons.